The van der Waals surface area contributed by atoms with Gasteiger partial charge in [-0.25, -0.2) is 8.42 Å². The number of benzene rings is 1. The zero-order chi connectivity index (χ0) is 14.6. The minimum Gasteiger partial charge on any atom is -0.468 e. The van der Waals surface area contributed by atoms with Crippen molar-refractivity contribution in [2.75, 3.05) is 7.11 Å². The molecule has 2 unspecified atom stereocenters. The highest BCUT2D eigenvalue weighted by Gasteiger charge is 2.22. The van der Waals surface area contributed by atoms with Crippen LogP contribution in [-0.4, -0.2) is 32.6 Å². The van der Waals surface area contributed by atoms with E-state index < -0.39 is 28.1 Å². The smallest absolute Gasteiger partial charge is 0.323 e. The maximum atomic E-state index is 12.0. The van der Waals surface area contributed by atoms with E-state index in [1.54, 1.807) is 6.07 Å². The molecule has 0 fully saturated rings. The monoisotopic (exact) mass is 287 g/mol. The first-order valence-electron chi connectivity index (χ1n) is 5.66. The molecular formula is C12H17NO5S. The lowest BCUT2D eigenvalue weighted by atomic mass is 10.1. The van der Waals surface area contributed by atoms with Gasteiger partial charge in [-0.15, -0.1) is 0 Å². The quantitative estimate of drug-likeness (QED) is 0.773. The topological polar surface area (TPSA) is 92.7 Å². The molecular weight excluding hydrogens is 270 g/mol. The Hall–Kier alpha value is -1.44. The number of methoxy groups -OCH3 is 1. The average Bonchev–Trinajstić information content (AvgIpc) is 2.37. The first-order chi connectivity index (χ1) is 8.77. The standard InChI is InChI=1S/C12H17NO5S/c1-8(12(15)18-3)13-19(16,17)11-6-4-5-10(7-11)9(2)14/h4-9,13-14H,1-3H3. The molecule has 0 aliphatic rings. The first kappa shape index (κ1) is 15.6. The van der Waals surface area contributed by atoms with E-state index in [0.29, 0.717) is 5.56 Å². The molecule has 0 aliphatic carbocycles. The van der Waals surface area contributed by atoms with Gasteiger partial charge in [0.15, 0.2) is 0 Å². The van der Waals surface area contributed by atoms with Crippen LogP contribution in [-0.2, 0) is 19.6 Å². The summed E-state index contributed by atoms with van der Waals surface area (Å²) in [6, 6.07) is 4.91. The Labute approximate surface area is 112 Å². The van der Waals surface area contributed by atoms with Gasteiger partial charge in [-0.1, -0.05) is 12.1 Å². The van der Waals surface area contributed by atoms with Crippen LogP contribution < -0.4 is 4.72 Å². The fourth-order valence-electron chi connectivity index (χ4n) is 1.47. The van der Waals surface area contributed by atoms with Crippen LogP contribution in [0.1, 0.15) is 25.5 Å². The summed E-state index contributed by atoms with van der Waals surface area (Å²) in [5.74, 6) is -0.671. The summed E-state index contributed by atoms with van der Waals surface area (Å²) in [6.07, 6.45) is -0.770. The van der Waals surface area contributed by atoms with Crippen LogP contribution in [0.5, 0.6) is 0 Å². The highest BCUT2D eigenvalue weighted by atomic mass is 32.2. The molecule has 2 N–H and O–H groups in total. The maximum Gasteiger partial charge on any atom is 0.323 e. The van der Waals surface area contributed by atoms with Gasteiger partial charge in [-0.3, -0.25) is 4.79 Å². The molecule has 0 aromatic heterocycles. The predicted molar refractivity (Wildman–Crippen MR) is 68.9 cm³/mol. The Morgan fingerprint density at radius 3 is 2.53 bits per heavy atom. The van der Waals surface area contributed by atoms with E-state index in [1.165, 1.54) is 39.2 Å². The van der Waals surface area contributed by atoms with Crippen molar-refractivity contribution in [2.24, 2.45) is 0 Å². The number of hydrogen-bond acceptors (Lipinski definition) is 5. The van der Waals surface area contributed by atoms with Crippen LogP contribution in [0.25, 0.3) is 0 Å². The number of aliphatic hydroxyl groups excluding tert-OH is 1. The molecule has 106 valence electrons. The molecule has 7 heteroatoms. The van der Waals surface area contributed by atoms with E-state index in [4.69, 9.17) is 0 Å². The second kappa shape index (κ2) is 6.14. The van der Waals surface area contributed by atoms with Crippen molar-refractivity contribution in [1.29, 1.82) is 0 Å². The predicted octanol–water partition coefficient (Wildman–Crippen LogP) is 0.580. The Balaban J connectivity index is 3.01. The second-order valence-electron chi connectivity index (χ2n) is 4.11. The Morgan fingerprint density at radius 2 is 2.00 bits per heavy atom. The number of sulfonamides is 1. The molecule has 19 heavy (non-hydrogen) atoms. The highest BCUT2D eigenvalue weighted by molar-refractivity contribution is 7.89. The highest BCUT2D eigenvalue weighted by Crippen LogP contribution is 2.17. The minimum absolute atomic E-state index is 0.0124. The van der Waals surface area contributed by atoms with Crippen LogP contribution >= 0.6 is 0 Å². The summed E-state index contributed by atoms with van der Waals surface area (Å²) in [4.78, 5) is 11.2. The van der Waals surface area contributed by atoms with Crippen molar-refractivity contribution in [3.8, 4) is 0 Å². The molecule has 0 radical (unpaired) electrons. The molecule has 2 atom stereocenters. The minimum atomic E-state index is -3.83. The number of carbonyl (C=O) groups is 1. The van der Waals surface area contributed by atoms with E-state index in [1.807, 2.05) is 0 Å². The van der Waals surface area contributed by atoms with Crippen molar-refractivity contribution in [2.45, 2.75) is 30.9 Å². The Bertz CT molecular complexity index is 553. The van der Waals surface area contributed by atoms with Crippen molar-refractivity contribution in [3.63, 3.8) is 0 Å². The zero-order valence-electron chi connectivity index (χ0n) is 11.0. The third kappa shape index (κ3) is 4.02. The van der Waals surface area contributed by atoms with Crippen molar-refractivity contribution in [3.05, 3.63) is 29.8 Å². The van der Waals surface area contributed by atoms with Gasteiger partial charge >= 0.3 is 5.97 Å². The van der Waals surface area contributed by atoms with E-state index in [0.717, 1.165) is 0 Å². The number of carbonyl (C=O) groups excluding carboxylic acids is 1. The van der Waals surface area contributed by atoms with Gasteiger partial charge < -0.3 is 9.84 Å². The normalized spacial score (nSPS) is 14.7. The molecule has 6 nitrogen and oxygen atoms in total. The number of ether oxygens (including phenoxy) is 1. The summed E-state index contributed by atoms with van der Waals surface area (Å²) in [5, 5.41) is 9.43. The van der Waals surface area contributed by atoms with E-state index >= 15 is 0 Å². The SMILES string of the molecule is COC(=O)C(C)NS(=O)(=O)c1cccc(C(C)O)c1. The lowest BCUT2D eigenvalue weighted by molar-refractivity contribution is -0.142. The van der Waals surface area contributed by atoms with Crippen LogP contribution in [0.4, 0.5) is 0 Å². The first-order valence-corrected chi connectivity index (χ1v) is 7.14. The van der Waals surface area contributed by atoms with Crippen LogP contribution in [0, 0.1) is 0 Å². The van der Waals surface area contributed by atoms with Crippen molar-refractivity contribution in [1.82, 2.24) is 4.72 Å². The molecule has 1 aromatic carbocycles. The van der Waals surface area contributed by atoms with Gasteiger partial charge in [0.1, 0.15) is 6.04 Å². The zero-order valence-corrected chi connectivity index (χ0v) is 11.8. The number of hydrogen-bond donors (Lipinski definition) is 2. The van der Waals surface area contributed by atoms with E-state index in [-0.39, 0.29) is 4.90 Å². The molecule has 1 rings (SSSR count). The van der Waals surface area contributed by atoms with Gasteiger partial charge in [0.2, 0.25) is 10.0 Å². The summed E-state index contributed by atoms with van der Waals surface area (Å²) in [6.45, 7) is 2.93. The summed E-state index contributed by atoms with van der Waals surface area (Å²) in [7, 11) is -2.65. The molecule has 0 aliphatic heterocycles. The van der Waals surface area contributed by atoms with Gasteiger partial charge in [0.05, 0.1) is 18.1 Å². The van der Waals surface area contributed by atoms with E-state index in [2.05, 4.69) is 9.46 Å². The molecule has 0 saturated carbocycles. The Morgan fingerprint density at radius 1 is 1.37 bits per heavy atom. The van der Waals surface area contributed by atoms with Crippen LogP contribution in [0.2, 0.25) is 0 Å². The van der Waals surface area contributed by atoms with Gasteiger partial charge in [-0.05, 0) is 31.5 Å². The van der Waals surface area contributed by atoms with Gasteiger partial charge in [-0.2, -0.15) is 4.72 Å². The molecule has 0 heterocycles. The number of aliphatic hydroxyl groups is 1. The van der Waals surface area contributed by atoms with Crippen molar-refractivity contribution < 1.29 is 23.1 Å². The Kier molecular flexibility index (Phi) is 5.04. The van der Waals surface area contributed by atoms with Crippen molar-refractivity contribution >= 4 is 16.0 Å². The van der Waals surface area contributed by atoms with E-state index in [9.17, 15) is 18.3 Å². The fraction of sp³-hybridized carbons (Fsp3) is 0.417. The molecule has 0 spiro atoms. The molecule has 1 aromatic rings. The summed E-state index contributed by atoms with van der Waals surface area (Å²) in [5.41, 5.74) is 0.480. The number of esters is 1. The molecule has 0 bridgehead atoms. The van der Waals surface area contributed by atoms with Crippen LogP contribution in [0.15, 0.2) is 29.2 Å². The summed E-state index contributed by atoms with van der Waals surface area (Å²) >= 11 is 0. The summed E-state index contributed by atoms with van der Waals surface area (Å²) < 4.78 is 30.7. The number of rotatable bonds is 5. The third-order valence-corrected chi connectivity index (χ3v) is 4.08. The third-order valence-electron chi connectivity index (χ3n) is 2.54. The van der Waals surface area contributed by atoms with Gasteiger partial charge in [0.25, 0.3) is 0 Å². The average molecular weight is 287 g/mol. The molecule has 0 saturated heterocycles. The lowest BCUT2D eigenvalue weighted by Crippen LogP contribution is -2.39. The lowest BCUT2D eigenvalue weighted by Gasteiger charge is -2.13. The molecule has 0 amide bonds. The van der Waals surface area contributed by atoms with Gasteiger partial charge in [0, 0.05) is 0 Å². The maximum absolute atomic E-state index is 12.0. The fourth-order valence-corrected chi connectivity index (χ4v) is 2.71. The van der Waals surface area contributed by atoms with Crippen LogP contribution in [0.3, 0.4) is 0 Å². The largest absolute Gasteiger partial charge is 0.468 e. The second-order valence-corrected chi connectivity index (χ2v) is 5.83. The number of nitrogens with one attached hydrogen (secondary N) is 1.